The molecule has 0 aliphatic carbocycles. The minimum absolute atomic E-state index is 0.203. The number of rotatable bonds is 5. The molecule has 3 rings (SSSR count). The van der Waals surface area contributed by atoms with Gasteiger partial charge in [-0.25, -0.2) is 4.39 Å². The predicted octanol–water partition coefficient (Wildman–Crippen LogP) is 4.09. The van der Waals surface area contributed by atoms with Crippen molar-refractivity contribution in [2.75, 3.05) is 6.54 Å². The average Bonchev–Trinajstić information content (AvgIpc) is 2.90. The lowest BCUT2D eigenvalue weighted by molar-refractivity contribution is 0.521. The molecule has 0 fully saturated rings. The SMILES string of the molecule is C=C(CCC)c1nn(Cc2ccc(F)cc2)c2c1CNCC2C. The molecule has 2 aromatic rings. The third-order valence-corrected chi connectivity index (χ3v) is 4.45. The van der Waals surface area contributed by atoms with Gasteiger partial charge < -0.3 is 5.32 Å². The van der Waals surface area contributed by atoms with Crippen LogP contribution in [0.15, 0.2) is 30.8 Å². The van der Waals surface area contributed by atoms with Crippen LogP contribution in [0.5, 0.6) is 0 Å². The molecule has 0 saturated heterocycles. The first kappa shape index (κ1) is 15.9. The van der Waals surface area contributed by atoms with E-state index < -0.39 is 0 Å². The van der Waals surface area contributed by atoms with Crippen LogP contribution < -0.4 is 5.32 Å². The van der Waals surface area contributed by atoms with Crippen LogP contribution >= 0.6 is 0 Å². The minimum Gasteiger partial charge on any atom is -0.312 e. The van der Waals surface area contributed by atoms with Gasteiger partial charge in [-0.3, -0.25) is 4.68 Å². The van der Waals surface area contributed by atoms with Crippen molar-refractivity contribution < 1.29 is 4.39 Å². The molecule has 1 N–H and O–H groups in total. The Kier molecular flexibility index (Phi) is 4.62. The molecular formula is C19H24FN3. The van der Waals surface area contributed by atoms with Gasteiger partial charge in [0.2, 0.25) is 0 Å². The molecule has 1 aliphatic rings. The van der Waals surface area contributed by atoms with Crippen molar-refractivity contribution in [2.24, 2.45) is 0 Å². The third kappa shape index (κ3) is 3.22. The summed E-state index contributed by atoms with van der Waals surface area (Å²) in [6.45, 7) is 11.1. The zero-order valence-electron chi connectivity index (χ0n) is 13.9. The van der Waals surface area contributed by atoms with Crippen molar-refractivity contribution in [1.82, 2.24) is 15.1 Å². The molecule has 0 amide bonds. The molecule has 1 aliphatic heterocycles. The monoisotopic (exact) mass is 313 g/mol. The first-order valence-corrected chi connectivity index (χ1v) is 8.33. The molecule has 0 radical (unpaired) electrons. The van der Waals surface area contributed by atoms with Crippen molar-refractivity contribution in [3.63, 3.8) is 0 Å². The Bertz CT molecular complexity index is 700. The highest BCUT2D eigenvalue weighted by molar-refractivity contribution is 5.64. The van der Waals surface area contributed by atoms with E-state index in [0.717, 1.165) is 42.8 Å². The molecule has 1 unspecified atom stereocenters. The van der Waals surface area contributed by atoms with Gasteiger partial charge in [0.15, 0.2) is 0 Å². The van der Waals surface area contributed by atoms with Crippen LogP contribution in [-0.2, 0) is 13.1 Å². The van der Waals surface area contributed by atoms with Gasteiger partial charge in [0, 0.05) is 30.3 Å². The minimum atomic E-state index is -0.203. The smallest absolute Gasteiger partial charge is 0.123 e. The maximum atomic E-state index is 13.1. The van der Waals surface area contributed by atoms with E-state index in [1.165, 1.54) is 23.4 Å². The van der Waals surface area contributed by atoms with E-state index in [1.54, 1.807) is 0 Å². The van der Waals surface area contributed by atoms with E-state index in [1.807, 2.05) is 12.1 Å². The fourth-order valence-corrected chi connectivity index (χ4v) is 3.34. The first-order valence-electron chi connectivity index (χ1n) is 8.33. The van der Waals surface area contributed by atoms with Crippen LogP contribution in [0.1, 0.15) is 55.1 Å². The van der Waals surface area contributed by atoms with Crippen LogP contribution in [0.25, 0.3) is 5.57 Å². The van der Waals surface area contributed by atoms with Crippen LogP contribution in [0.3, 0.4) is 0 Å². The van der Waals surface area contributed by atoms with E-state index >= 15 is 0 Å². The van der Waals surface area contributed by atoms with Crippen LogP contribution in [-0.4, -0.2) is 16.3 Å². The summed E-state index contributed by atoms with van der Waals surface area (Å²) in [6.07, 6.45) is 2.04. The molecule has 1 aromatic heterocycles. The maximum Gasteiger partial charge on any atom is 0.123 e. The second-order valence-corrected chi connectivity index (χ2v) is 6.38. The van der Waals surface area contributed by atoms with Crippen molar-refractivity contribution in [1.29, 1.82) is 0 Å². The van der Waals surface area contributed by atoms with Gasteiger partial charge in [-0.1, -0.05) is 39.0 Å². The Labute approximate surface area is 137 Å². The van der Waals surface area contributed by atoms with Gasteiger partial charge in [0.1, 0.15) is 5.82 Å². The van der Waals surface area contributed by atoms with Crippen molar-refractivity contribution >= 4 is 5.57 Å². The highest BCUT2D eigenvalue weighted by Crippen LogP contribution is 2.31. The van der Waals surface area contributed by atoms with Gasteiger partial charge in [-0.2, -0.15) is 5.10 Å². The Hall–Kier alpha value is -1.94. The summed E-state index contributed by atoms with van der Waals surface area (Å²) in [5.74, 6) is 0.209. The quantitative estimate of drug-likeness (QED) is 0.901. The Morgan fingerprint density at radius 1 is 1.39 bits per heavy atom. The number of nitrogens with zero attached hydrogens (tertiary/aromatic N) is 2. The second kappa shape index (κ2) is 6.67. The zero-order valence-corrected chi connectivity index (χ0v) is 13.9. The molecule has 23 heavy (non-hydrogen) atoms. The van der Waals surface area contributed by atoms with Crippen molar-refractivity contribution in [3.8, 4) is 0 Å². The van der Waals surface area contributed by atoms with Crippen molar-refractivity contribution in [3.05, 3.63) is 59.2 Å². The Balaban J connectivity index is 1.99. The summed E-state index contributed by atoms with van der Waals surface area (Å²) < 4.78 is 15.2. The molecular weight excluding hydrogens is 289 g/mol. The molecule has 0 saturated carbocycles. The normalized spacial score (nSPS) is 17.1. The van der Waals surface area contributed by atoms with E-state index in [4.69, 9.17) is 5.10 Å². The number of allylic oxidation sites excluding steroid dienone is 1. The zero-order chi connectivity index (χ0) is 16.4. The molecule has 3 nitrogen and oxygen atoms in total. The molecule has 1 atom stereocenters. The number of nitrogens with one attached hydrogen (secondary N) is 1. The van der Waals surface area contributed by atoms with E-state index in [9.17, 15) is 4.39 Å². The molecule has 1 aromatic carbocycles. The van der Waals surface area contributed by atoms with Crippen LogP contribution in [0.4, 0.5) is 4.39 Å². The molecule has 4 heteroatoms. The van der Waals surface area contributed by atoms with Gasteiger partial charge >= 0.3 is 0 Å². The number of halogens is 1. The van der Waals surface area contributed by atoms with Crippen LogP contribution in [0, 0.1) is 5.82 Å². The summed E-state index contributed by atoms with van der Waals surface area (Å²) in [5, 5.41) is 8.33. The fourth-order valence-electron chi connectivity index (χ4n) is 3.34. The largest absolute Gasteiger partial charge is 0.312 e. The first-order chi connectivity index (χ1) is 11.1. The molecule has 2 heterocycles. The lowest BCUT2D eigenvalue weighted by atomic mass is 9.95. The van der Waals surface area contributed by atoms with Gasteiger partial charge in [-0.05, 0) is 29.7 Å². The summed E-state index contributed by atoms with van der Waals surface area (Å²) >= 11 is 0. The highest BCUT2D eigenvalue weighted by atomic mass is 19.1. The standard InChI is InChI=1S/C19H24FN3/c1-4-5-13(2)18-17-11-21-10-14(3)19(17)23(22-18)12-15-6-8-16(20)9-7-15/h6-9,14,21H,2,4-5,10-12H2,1,3H3. The molecule has 0 spiro atoms. The average molecular weight is 313 g/mol. The number of fused-ring (bicyclic) bond motifs is 1. The number of aromatic nitrogens is 2. The summed E-state index contributed by atoms with van der Waals surface area (Å²) in [7, 11) is 0. The summed E-state index contributed by atoms with van der Waals surface area (Å²) in [6, 6.07) is 6.67. The fraction of sp³-hybridized carbons (Fsp3) is 0.421. The van der Waals surface area contributed by atoms with E-state index in [0.29, 0.717) is 12.5 Å². The molecule has 122 valence electrons. The number of hydrogen-bond acceptors (Lipinski definition) is 2. The topological polar surface area (TPSA) is 29.9 Å². The van der Waals surface area contributed by atoms with E-state index in [2.05, 4.69) is 30.4 Å². The number of hydrogen-bond donors (Lipinski definition) is 1. The van der Waals surface area contributed by atoms with E-state index in [-0.39, 0.29) is 5.82 Å². The van der Waals surface area contributed by atoms with Gasteiger partial charge in [0.05, 0.1) is 12.2 Å². The van der Waals surface area contributed by atoms with Crippen molar-refractivity contribution in [2.45, 2.75) is 45.7 Å². The summed E-state index contributed by atoms with van der Waals surface area (Å²) in [4.78, 5) is 0. The third-order valence-electron chi connectivity index (χ3n) is 4.45. The van der Waals surface area contributed by atoms with Gasteiger partial charge in [-0.15, -0.1) is 0 Å². The molecule has 0 bridgehead atoms. The lowest BCUT2D eigenvalue weighted by Crippen LogP contribution is -2.28. The predicted molar refractivity (Wildman–Crippen MR) is 91.8 cm³/mol. The Morgan fingerprint density at radius 2 is 2.13 bits per heavy atom. The Morgan fingerprint density at radius 3 is 2.83 bits per heavy atom. The highest BCUT2D eigenvalue weighted by Gasteiger charge is 2.26. The summed E-state index contributed by atoms with van der Waals surface area (Å²) in [5.41, 5.74) is 5.79. The number of benzene rings is 1. The second-order valence-electron chi connectivity index (χ2n) is 6.38. The van der Waals surface area contributed by atoms with Gasteiger partial charge in [0.25, 0.3) is 0 Å². The lowest BCUT2D eigenvalue weighted by Gasteiger charge is -2.22. The maximum absolute atomic E-state index is 13.1. The van der Waals surface area contributed by atoms with Crippen LogP contribution in [0.2, 0.25) is 0 Å².